The van der Waals surface area contributed by atoms with E-state index in [1.807, 2.05) is 12.1 Å². The first-order valence-corrected chi connectivity index (χ1v) is 10.1. The van der Waals surface area contributed by atoms with Crippen molar-refractivity contribution in [2.75, 3.05) is 36.8 Å². The molecule has 1 amide bonds. The van der Waals surface area contributed by atoms with Gasteiger partial charge in [0.1, 0.15) is 0 Å². The van der Waals surface area contributed by atoms with E-state index in [0.717, 1.165) is 17.4 Å². The number of piperazine rings is 1. The molecular weight excluding hydrogens is 421 g/mol. The summed E-state index contributed by atoms with van der Waals surface area (Å²) in [5.74, 6) is -0.380. The summed E-state index contributed by atoms with van der Waals surface area (Å²) in [6, 6.07) is 7.62. The number of amides is 1. The van der Waals surface area contributed by atoms with Crippen molar-refractivity contribution in [2.24, 2.45) is 0 Å². The molecule has 3 rings (SSSR count). The van der Waals surface area contributed by atoms with Gasteiger partial charge in [0.2, 0.25) is 5.91 Å². The maximum Gasteiger partial charge on any atom is 0.433 e. The minimum atomic E-state index is -4.73. The quantitative estimate of drug-likeness (QED) is 0.437. The van der Waals surface area contributed by atoms with Gasteiger partial charge in [-0.2, -0.15) is 13.2 Å². The lowest BCUT2D eigenvalue weighted by Gasteiger charge is -2.36. The Labute approximate surface area is 174 Å². The molecule has 0 radical (unpaired) electrons. The van der Waals surface area contributed by atoms with E-state index in [2.05, 4.69) is 14.9 Å². The van der Waals surface area contributed by atoms with Crippen molar-refractivity contribution in [3.8, 4) is 0 Å². The van der Waals surface area contributed by atoms with Gasteiger partial charge in [-0.1, -0.05) is 11.8 Å². The smallest absolute Gasteiger partial charge is 0.368 e. The van der Waals surface area contributed by atoms with Gasteiger partial charge in [0.25, 0.3) is 5.56 Å². The van der Waals surface area contributed by atoms with Gasteiger partial charge >= 0.3 is 6.18 Å². The number of nitrogens with one attached hydrogen (secondary N) is 1. The second kappa shape index (κ2) is 8.90. The zero-order valence-electron chi connectivity index (χ0n) is 16.0. The molecule has 0 unspecified atom stereocenters. The molecule has 1 aliphatic rings. The number of aromatic amines is 1. The molecule has 1 aromatic carbocycles. The van der Waals surface area contributed by atoms with Gasteiger partial charge in [0, 0.05) is 43.5 Å². The maximum atomic E-state index is 12.8. The number of ketones is 1. The van der Waals surface area contributed by atoms with E-state index in [4.69, 9.17) is 0 Å². The molecule has 7 nitrogen and oxygen atoms in total. The highest BCUT2D eigenvalue weighted by atomic mass is 32.2. The van der Waals surface area contributed by atoms with Gasteiger partial charge in [-0.3, -0.25) is 14.4 Å². The Hall–Kier alpha value is -2.82. The number of H-pyrrole nitrogens is 1. The zero-order valence-corrected chi connectivity index (χ0v) is 16.8. The van der Waals surface area contributed by atoms with Crippen molar-refractivity contribution < 1.29 is 22.8 Å². The highest BCUT2D eigenvalue weighted by Gasteiger charge is 2.33. The number of rotatable bonds is 5. The topological polar surface area (TPSA) is 86.4 Å². The Balaban J connectivity index is 1.54. The molecule has 0 bridgehead atoms. The van der Waals surface area contributed by atoms with Crippen LogP contribution in [-0.2, 0) is 11.0 Å². The van der Waals surface area contributed by atoms with Crippen LogP contribution in [-0.4, -0.2) is 58.5 Å². The number of alkyl halides is 3. The number of hydrogen-bond donors (Lipinski definition) is 1. The molecule has 0 saturated carbocycles. The first-order chi connectivity index (χ1) is 14.1. The third-order valence-corrected chi connectivity index (χ3v) is 5.47. The van der Waals surface area contributed by atoms with Crippen LogP contribution in [0.25, 0.3) is 0 Å². The molecule has 1 N–H and O–H groups in total. The second-order valence-corrected chi connectivity index (χ2v) is 7.66. The van der Waals surface area contributed by atoms with Gasteiger partial charge in [0.05, 0.1) is 5.75 Å². The lowest BCUT2D eigenvalue weighted by molar-refractivity contribution is -0.141. The van der Waals surface area contributed by atoms with Crippen molar-refractivity contribution in [2.45, 2.75) is 18.3 Å². The summed E-state index contributed by atoms with van der Waals surface area (Å²) in [6.45, 7) is 3.60. The Morgan fingerprint density at radius 2 is 1.77 bits per heavy atom. The van der Waals surface area contributed by atoms with Crippen molar-refractivity contribution in [3.63, 3.8) is 0 Å². The molecule has 1 fully saturated rings. The third kappa shape index (κ3) is 5.41. The number of carbonyl (C=O) groups excluding carboxylic acids is 2. The predicted octanol–water partition coefficient (Wildman–Crippen LogP) is 2.43. The number of anilines is 1. The molecule has 30 heavy (non-hydrogen) atoms. The molecule has 11 heteroatoms. The predicted molar refractivity (Wildman–Crippen MR) is 106 cm³/mol. The Kier molecular flexibility index (Phi) is 6.49. The summed E-state index contributed by atoms with van der Waals surface area (Å²) in [5.41, 5.74) is -0.625. The van der Waals surface area contributed by atoms with Crippen molar-refractivity contribution in [3.05, 3.63) is 51.9 Å². The summed E-state index contributed by atoms with van der Waals surface area (Å²) in [5, 5.41) is -0.243. The molecule has 1 aromatic heterocycles. The monoisotopic (exact) mass is 440 g/mol. The number of Topliss-reactive ketones (excluding diaryl/α,β-unsaturated/α-hetero) is 1. The van der Waals surface area contributed by atoms with Gasteiger partial charge in [-0.25, -0.2) is 4.98 Å². The number of halogens is 3. The van der Waals surface area contributed by atoms with E-state index in [1.165, 1.54) is 6.92 Å². The number of nitrogens with zero attached hydrogens (tertiary/aromatic N) is 3. The fourth-order valence-electron chi connectivity index (χ4n) is 2.99. The average Bonchev–Trinajstić information content (AvgIpc) is 2.71. The lowest BCUT2D eigenvalue weighted by atomic mass is 10.1. The van der Waals surface area contributed by atoms with Crippen LogP contribution in [0, 0.1) is 0 Å². The third-order valence-electron chi connectivity index (χ3n) is 4.61. The molecular formula is C19H19F3N4O3S. The Morgan fingerprint density at radius 1 is 1.13 bits per heavy atom. The lowest BCUT2D eigenvalue weighted by Crippen LogP contribution is -2.49. The standard InChI is InChI=1S/C19H19F3N4O3S/c1-12(27)13-2-4-14(5-3-13)25-6-8-26(9-7-25)17(29)11-30-18-23-15(19(20,21)22)10-16(28)24-18/h2-5,10H,6-9,11H2,1H3,(H,23,24,28). The van der Waals surface area contributed by atoms with Crippen LogP contribution in [0.5, 0.6) is 0 Å². The summed E-state index contributed by atoms with van der Waals surface area (Å²) in [6.07, 6.45) is -4.73. The van der Waals surface area contributed by atoms with Crippen LogP contribution < -0.4 is 10.5 Å². The molecule has 0 spiro atoms. The number of carbonyl (C=O) groups is 2. The minimum absolute atomic E-state index is 0.00827. The highest BCUT2D eigenvalue weighted by molar-refractivity contribution is 7.99. The van der Waals surface area contributed by atoms with Crippen LogP contribution in [0.2, 0.25) is 0 Å². The zero-order chi connectivity index (χ0) is 21.9. The van der Waals surface area contributed by atoms with Crippen LogP contribution in [0.4, 0.5) is 18.9 Å². The summed E-state index contributed by atoms with van der Waals surface area (Å²) >= 11 is 0.765. The average molecular weight is 440 g/mol. The molecule has 2 heterocycles. The van der Waals surface area contributed by atoms with Crippen LogP contribution in [0.15, 0.2) is 40.3 Å². The van der Waals surface area contributed by atoms with E-state index in [0.29, 0.717) is 37.8 Å². The SMILES string of the molecule is CC(=O)c1ccc(N2CCN(C(=O)CSc3nc(C(F)(F)F)cc(=O)[nH]3)CC2)cc1. The number of hydrogen-bond acceptors (Lipinski definition) is 6. The normalized spacial score (nSPS) is 14.7. The highest BCUT2D eigenvalue weighted by Crippen LogP contribution is 2.27. The van der Waals surface area contributed by atoms with Crippen molar-refractivity contribution >= 4 is 29.1 Å². The fourth-order valence-corrected chi connectivity index (χ4v) is 3.77. The van der Waals surface area contributed by atoms with E-state index in [-0.39, 0.29) is 22.6 Å². The first kappa shape index (κ1) is 21.9. The van der Waals surface area contributed by atoms with E-state index in [1.54, 1.807) is 17.0 Å². The van der Waals surface area contributed by atoms with Crippen molar-refractivity contribution in [1.82, 2.24) is 14.9 Å². The maximum absolute atomic E-state index is 12.8. The summed E-state index contributed by atoms with van der Waals surface area (Å²) < 4.78 is 38.3. The number of aromatic nitrogens is 2. The molecule has 0 aliphatic carbocycles. The number of benzene rings is 1. The molecule has 0 atom stereocenters. The van der Waals surface area contributed by atoms with Gasteiger partial charge in [-0.05, 0) is 31.2 Å². The van der Waals surface area contributed by atoms with E-state index >= 15 is 0 Å². The van der Waals surface area contributed by atoms with E-state index < -0.39 is 17.4 Å². The summed E-state index contributed by atoms with van der Waals surface area (Å²) in [4.78, 5) is 44.5. The molecule has 1 saturated heterocycles. The Bertz CT molecular complexity index is 984. The van der Waals surface area contributed by atoms with Crippen molar-refractivity contribution in [1.29, 1.82) is 0 Å². The van der Waals surface area contributed by atoms with Gasteiger partial charge in [-0.15, -0.1) is 0 Å². The number of thioether (sulfide) groups is 1. The molecule has 2 aromatic rings. The second-order valence-electron chi connectivity index (χ2n) is 6.69. The summed E-state index contributed by atoms with van der Waals surface area (Å²) in [7, 11) is 0. The van der Waals surface area contributed by atoms with Gasteiger partial charge in [0.15, 0.2) is 16.6 Å². The van der Waals surface area contributed by atoms with Crippen LogP contribution in [0.3, 0.4) is 0 Å². The van der Waals surface area contributed by atoms with E-state index in [9.17, 15) is 27.6 Å². The molecule has 160 valence electrons. The first-order valence-electron chi connectivity index (χ1n) is 9.08. The van der Waals surface area contributed by atoms with Gasteiger partial charge < -0.3 is 14.8 Å². The Morgan fingerprint density at radius 3 is 2.33 bits per heavy atom. The van der Waals surface area contributed by atoms with Crippen LogP contribution in [0.1, 0.15) is 23.0 Å². The largest absolute Gasteiger partial charge is 0.433 e. The van der Waals surface area contributed by atoms with Crippen LogP contribution >= 0.6 is 11.8 Å². The fraction of sp³-hybridized carbons (Fsp3) is 0.368. The minimum Gasteiger partial charge on any atom is -0.368 e. The molecule has 1 aliphatic heterocycles.